The summed E-state index contributed by atoms with van der Waals surface area (Å²) in [5, 5.41) is 4.01. The molecule has 94 valence electrons. The van der Waals surface area contributed by atoms with Crippen LogP contribution in [0.5, 0.6) is 0 Å². The van der Waals surface area contributed by atoms with Crippen molar-refractivity contribution in [1.29, 1.82) is 0 Å². The highest BCUT2D eigenvalue weighted by Crippen LogP contribution is 2.11. The Bertz CT molecular complexity index is 523. The van der Waals surface area contributed by atoms with E-state index in [1.165, 1.54) is 0 Å². The molecule has 1 nitrogen and oxygen atoms in total. The van der Waals surface area contributed by atoms with Gasteiger partial charge in [0.05, 0.1) is 0 Å². The smallest absolute Gasteiger partial charge is 0.126 e. The SMILES string of the molecule is Cc1ccc(CNCc2ccc(Cl)cc2)cc1F. The van der Waals surface area contributed by atoms with E-state index >= 15 is 0 Å². The van der Waals surface area contributed by atoms with Crippen LogP contribution in [0.3, 0.4) is 0 Å². The van der Waals surface area contributed by atoms with Gasteiger partial charge in [0.25, 0.3) is 0 Å². The van der Waals surface area contributed by atoms with Crippen molar-refractivity contribution in [2.75, 3.05) is 0 Å². The zero-order chi connectivity index (χ0) is 13.0. The Morgan fingerprint density at radius 1 is 1.00 bits per heavy atom. The predicted molar refractivity (Wildman–Crippen MR) is 73.1 cm³/mol. The van der Waals surface area contributed by atoms with E-state index in [4.69, 9.17) is 11.6 Å². The quantitative estimate of drug-likeness (QED) is 0.877. The van der Waals surface area contributed by atoms with Crippen LogP contribution >= 0.6 is 11.6 Å². The van der Waals surface area contributed by atoms with Crippen LogP contribution in [-0.2, 0) is 13.1 Å². The lowest BCUT2D eigenvalue weighted by Gasteiger charge is -2.06. The summed E-state index contributed by atoms with van der Waals surface area (Å²) in [4.78, 5) is 0. The molecule has 2 aromatic rings. The molecule has 0 fully saturated rings. The number of benzene rings is 2. The van der Waals surface area contributed by atoms with Crippen molar-refractivity contribution in [3.63, 3.8) is 0 Å². The molecule has 1 N–H and O–H groups in total. The Balaban J connectivity index is 1.88. The lowest BCUT2D eigenvalue weighted by atomic mass is 10.1. The summed E-state index contributed by atoms with van der Waals surface area (Å²) < 4.78 is 13.3. The van der Waals surface area contributed by atoms with Gasteiger partial charge in [0.1, 0.15) is 5.82 Å². The Morgan fingerprint density at radius 3 is 2.28 bits per heavy atom. The van der Waals surface area contributed by atoms with Crippen LogP contribution in [0.4, 0.5) is 4.39 Å². The molecule has 0 aliphatic carbocycles. The molecule has 0 bridgehead atoms. The molecule has 3 heteroatoms. The van der Waals surface area contributed by atoms with E-state index in [-0.39, 0.29) is 5.82 Å². The Kier molecular flexibility index (Phi) is 4.34. The summed E-state index contributed by atoms with van der Waals surface area (Å²) in [6.45, 7) is 3.16. The molecule has 0 atom stereocenters. The molecular weight excluding hydrogens is 249 g/mol. The standard InChI is InChI=1S/C15H15ClFN/c1-11-2-3-13(8-15(11)17)10-18-9-12-4-6-14(16)7-5-12/h2-8,18H,9-10H2,1H3. The molecule has 0 aromatic heterocycles. The molecule has 2 aromatic carbocycles. The summed E-state index contributed by atoms with van der Waals surface area (Å²) in [7, 11) is 0. The second kappa shape index (κ2) is 5.98. The van der Waals surface area contributed by atoms with Gasteiger partial charge in [0, 0.05) is 18.1 Å². The molecule has 0 amide bonds. The van der Waals surface area contributed by atoms with Gasteiger partial charge in [0.2, 0.25) is 0 Å². The molecule has 0 aliphatic rings. The first-order chi connectivity index (χ1) is 8.65. The predicted octanol–water partition coefficient (Wildman–Crippen LogP) is 4.08. The van der Waals surface area contributed by atoms with Crippen molar-refractivity contribution in [3.05, 3.63) is 70.0 Å². The third-order valence-corrected chi connectivity index (χ3v) is 3.06. The first kappa shape index (κ1) is 13.1. The highest BCUT2D eigenvalue weighted by Gasteiger charge is 1.99. The van der Waals surface area contributed by atoms with Gasteiger partial charge in [0.15, 0.2) is 0 Å². The third kappa shape index (κ3) is 3.56. The van der Waals surface area contributed by atoms with Gasteiger partial charge in [-0.15, -0.1) is 0 Å². The van der Waals surface area contributed by atoms with E-state index in [1.807, 2.05) is 30.3 Å². The number of nitrogens with one attached hydrogen (secondary N) is 1. The van der Waals surface area contributed by atoms with E-state index in [9.17, 15) is 4.39 Å². The summed E-state index contributed by atoms with van der Waals surface area (Å²) in [5.41, 5.74) is 2.79. The van der Waals surface area contributed by atoms with Crippen LogP contribution in [-0.4, -0.2) is 0 Å². The summed E-state index contributed by atoms with van der Waals surface area (Å²) in [6, 6.07) is 13.0. The van der Waals surface area contributed by atoms with Crippen molar-refractivity contribution in [1.82, 2.24) is 5.32 Å². The Labute approximate surface area is 112 Å². The van der Waals surface area contributed by atoms with Crippen molar-refractivity contribution in [3.8, 4) is 0 Å². The van der Waals surface area contributed by atoms with Crippen LogP contribution in [0.15, 0.2) is 42.5 Å². The minimum Gasteiger partial charge on any atom is -0.309 e. The average Bonchev–Trinajstić information content (AvgIpc) is 2.36. The van der Waals surface area contributed by atoms with Crippen molar-refractivity contribution < 1.29 is 4.39 Å². The van der Waals surface area contributed by atoms with Crippen molar-refractivity contribution in [2.24, 2.45) is 0 Å². The summed E-state index contributed by atoms with van der Waals surface area (Å²) in [6.07, 6.45) is 0. The lowest BCUT2D eigenvalue weighted by Crippen LogP contribution is -2.12. The second-order valence-corrected chi connectivity index (χ2v) is 4.75. The van der Waals surface area contributed by atoms with Gasteiger partial charge in [-0.05, 0) is 41.8 Å². The van der Waals surface area contributed by atoms with Gasteiger partial charge >= 0.3 is 0 Å². The van der Waals surface area contributed by atoms with E-state index in [0.29, 0.717) is 12.1 Å². The largest absolute Gasteiger partial charge is 0.309 e. The average molecular weight is 264 g/mol. The molecule has 0 saturated heterocycles. The van der Waals surface area contributed by atoms with Crippen LogP contribution in [0, 0.1) is 12.7 Å². The molecule has 18 heavy (non-hydrogen) atoms. The zero-order valence-corrected chi connectivity index (χ0v) is 11.0. The maximum atomic E-state index is 13.3. The van der Waals surface area contributed by atoms with Gasteiger partial charge in [-0.25, -0.2) is 4.39 Å². The molecule has 2 rings (SSSR count). The maximum Gasteiger partial charge on any atom is 0.126 e. The lowest BCUT2D eigenvalue weighted by molar-refractivity contribution is 0.611. The Morgan fingerprint density at radius 2 is 1.61 bits per heavy atom. The number of aryl methyl sites for hydroxylation is 1. The molecule has 0 radical (unpaired) electrons. The molecule has 0 unspecified atom stereocenters. The van der Waals surface area contributed by atoms with Gasteiger partial charge in [-0.1, -0.05) is 35.9 Å². The molecular formula is C15H15ClFN. The summed E-state index contributed by atoms with van der Waals surface area (Å²) in [5.74, 6) is -0.152. The monoisotopic (exact) mass is 263 g/mol. The molecule has 0 heterocycles. The molecule has 0 saturated carbocycles. The minimum absolute atomic E-state index is 0.152. The third-order valence-electron chi connectivity index (χ3n) is 2.81. The summed E-state index contributed by atoms with van der Waals surface area (Å²) >= 11 is 5.81. The van der Waals surface area contributed by atoms with Gasteiger partial charge in [-0.2, -0.15) is 0 Å². The number of hydrogen-bond acceptors (Lipinski definition) is 1. The van der Waals surface area contributed by atoms with E-state index in [0.717, 1.165) is 22.7 Å². The number of rotatable bonds is 4. The number of hydrogen-bond donors (Lipinski definition) is 1. The first-order valence-electron chi connectivity index (χ1n) is 5.85. The van der Waals surface area contributed by atoms with Gasteiger partial charge in [-0.3, -0.25) is 0 Å². The van der Waals surface area contributed by atoms with Crippen LogP contribution < -0.4 is 5.32 Å². The highest BCUT2D eigenvalue weighted by molar-refractivity contribution is 6.30. The topological polar surface area (TPSA) is 12.0 Å². The second-order valence-electron chi connectivity index (χ2n) is 4.31. The normalized spacial score (nSPS) is 10.6. The zero-order valence-electron chi connectivity index (χ0n) is 10.2. The molecule has 0 aliphatic heterocycles. The Hall–Kier alpha value is -1.38. The fourth-order valence-electron chi connectivity index (χ4n) is 1.70. The minimum atomic E-state index is -0.152. The first-order valence-corrected chi connectivity index (χ1v) is 6.23. The van der Waals surface area contributed by atoms with Crippen LogP contribution in [0.1, 0.15) is 16.7 Å². The number of halogens is 2. The highest BCUT2D eigenvalue weighted by atomic mass is 35.5. The van der Waals surface area contributed by atoms with E-state index < -0.39 is 0 Å². The van der Waals surface area contributed by atoms with Gasteiger partial charge < -0.3 is 5.32 Å². The van der Waals surface area contributed by atoms with Crippen LogP contribution in [0.2, 0.25) is 5.02 Å². The van der Waals surface area contributed by atoms with Crippen molar-refractivity contribution in [2.45, 2.75) is 20.0 Å². The fourth-order valence-corrected chi connectivity index (χ4v) is 1.83. The molecule has 0 spiro atoms. The maximum absolute atomic E-state index is 13.3. The van der Waals surface area contributed by atoms with Crippen LogP contribution in [0.25, 0.3) is 0 Å². The van der Waals surface area contributed by atoms with E-state index in [2.05, 4.69) is 5.32 Å². The fraction of sp³-hybridized carbons (Fsp3) is 0.200. The van der Waals surface area contributed by atoms with E-state index in [1.54, 1.807) is 19.1 Å². The van der Waals surface area contributed by atoms with Crippen molar-refractivity contribution >= 4 is 11.6 Å².